The Kier molecular flexibility index (Phi) is 13.0. The van der Waals surface area contributed by atoms with Crippen molar-refractivity contribution in [3.05, 3.63) is 39.0 Å². The third-order valence-corrected chi connectivity index (χ3v) is 17.3. The van der Waals surface area contributed by atoms with Crippen molar-refractivity contribution in [2.24, 2.45) is 0 Å². The van der Waals surface area contributed by atoms with Gasteiger partial charge in [0.2, 0.25) is 34.5 Å². The van der Waals surface area contributed by atoms with Gasteiger partial charge in [-0.2, -0.15) is 0 Å². The Morgan fingerprint density at radius 3 is 0.636 bits per heavy atom. The van der Waals surface area contributed by atoms with E-state index in [4.69, 9.17) is 56.8 Å². The molecule has 4 rings (SSSR count). The average Bonchev–Trinajstić information content (AvgIpc) is 3.38. The molecule has 3 aromatic rings. The lowest BCUT2D eigenvalue weighted by Gasteiger charge is -2.45. The Balaban J connectivity index is 2.77. The average molecular weight is 783 g/mol. The van der Waals surface area contributed by atoms with E-state index in [2.05, 4.69) is 27.7 Å². The molecule has 3 aromatic carbocycles. The summed E-state index contributed by atoms with van der Waals surface area (Å²) in [4.78, 5) is 0. The Hall–Kier alpha value is -5.04. The molecule has 0 amide bonds. The summed E-state index contributed by atoms with van der Waals surface area (Å²) < 4.78 is 75.0. The lowest BCUT2D eigenvalue weighted by Crippen LogP contribution is -2.72. The van der Waals surface area contributed by atoms with E-state index in [-0.39, 0.29) is 5.54 Å². The number of ether oxygens (including phenoxy) is 12. The predicted molar refractivity (Wildman–Crippen MR) is 217 cm³/mol. The molecule has 1 aliphatic rings. The van der Waals surface area contributed by atoms with E-state index < -0.39 is 8.07 Å². The van der Waals surface area contributed by atoms with Gasteiger partial charge in [0.05, 0.1) is 85.3 Å². The monoisotopic (exact) mass is 782 g/mol. The summed E-state index contributed by atoms with van der Waals surface area (Å²) in [5.74, 6) is 4.92. The molecule has 0 unspecified atom stereocenters. The van der Waals surface area contributed by atoms with E-state index in [0.717, 1.165) is 54.5 Å². The number of hydrogen-bond donors (Lipinski definition) is 0. The van der Waals surface area contributed by atoms with Crippen LogP contribution in [-0.4, -0.2) is 93.4 Å². The van der Waals surface area contributed by atoms with Crippen molar-refractivity contribution in [2.45, 2.75) is 54.0 Å². The molecule has 0 fully saturated rings. The molecule has 302 valence electrons. The highest BCUT2D eigenvalue weighted by Crippen LogP contribution is 2.57. The molecule has 12 nitrogen and oxygen atoms in total. The maximum Gasteiger partial charge on any atom is 0.207 e. The zero-order chi connectivity index (χ0) is 41.3. The first-order chi connectivity index (χ1) is 26.2. The molecule has 0 atom stereocenters. The second-order valence-corrected chi connectivity index (χ2v) is 16.9. The largest absolute Gasteiger partial charge is 0.493 e. The second-order valence-electron chi connectivity index (χ2n) is 13.3. The number of allylic oxidation sites excluding steroid dienone is 4. The van der Waals surface area contributed by atoms with Gasteiger partial charge in [0.1, 0.15) is 0 Å². The van der Waals surface area contributed by atoms with Gasteiger partial charge < -0.3 is 56.8 Å². The van der Waals surface area contributed by atoms with Crippen molar-refractivity contribution < 1.29 is 56.8 Å². The number of benzene rings is 3. The Labute approximate surface area is 327 Å². The first-order valence-corrected chi connectivity index (χ1v) is 19.8. The van der Waals surface area contributed by atoms with Crippen LogP contribution >= 0.6 is 0 Å². The molecule has 0 aliphatic heterocycles. The molecule has 1 aliphatic carbocycles. The van der Waals surface area contributed by atoms with E-state index in [1.165, 1.54) is 0 Å². The molecule has 0 heterocycles. The summed E-state index contributed by atoms with van der Waals surface area (Å²) in [7, 11) is 15.1. The van der Waals surface area contributed by atoms with Gasteiger partial charge in [-0.05, 0) is 76.3 Å². The van der Waals surface area contributed by atoms with Gasteiger partial charge in [0.15, 0.2) is 42.6 Å². The highest BCUT2D eigenvalue weighted by Gasteiger charge is 2.60. The van der Waals surface area contributed by atoms with Crippen molar-refractivity contribution in [1.82, 2.24) is 0 Å². The summed E-state index contributed by atoms with van der Waals surface area (Å²) >= 11 is 0. The fraction of sp³-hybridized carbons (Fsp3) is 0.476. The predicted octanol–water partition coefficient (Wildman–Crippen LogP) is 6.24. The molecule has 0 saturated carbocycles. The minimum atomic E-state index is -4.06. The summed E-state index contributed by atoms with van der Waals surface area (Å²) in [5, 5.41) is 2.38. The van der Waals surface area contributed by atoms with E-state index in [1.54, 1.807) is 85.3 Å². The van der Waals surface area contributed by atoms with E-state index in [1.807, 2.05) is 20.8 Å². The van der Waals surface area contributed by atoms with Gasteiger partial charge in [0.25, 0.3) is 0 Å². The summed E-state index contributed by atoms with van der Waals surface area (Å²) in [6.07, 6.45) is 0. The first-order valence-electron chi connectivity index (χ1n) is 17.7. The lowest BCUT2D eigenvalue weighted by molar-refractivity contribution is 0.304. The maximum absolute atomic E-state index is 6.55. The zero-order valence-electron chi connectivity index (χ0n) is 36.0. The number of rotatable bonds is 16. The van der Waals surface area contributed by atoms with Gasteiger partial charge >= 0.3 is 0 Å². The normalized spacial score (nSPS) is 13.1. The second kappa shape index (κ2) is 16.8. The van der Waals surface area contributed by atoms with Crippen molar-refractivity contribution in [1.29, 1.82) is 0 Å². The Morgan fingerprint density at radius 1 is 0.273 bits per heavy atom. The van der Waals surface area contributed by atoms with Crippen LogP contribution < -0.4 is 72.4 Å². The molecule has 55 heavy (non-hydrogen) atoms. The molecular weight excluding hydrogens is 725 g/mol. The third kappa shape index (κ3) is 5.93. The summed E-state index contributed by atoms with van der Waals surface area (Å²) in [6, 6.07) is 0. The highest BCUT2D eigenvalue weighted by molar-refractivity contribution is 7.15. The van der Waals surface area contributed by atoms with Gasteiger partial charge in [-0.1, -0.05) is 11.1 Å². The summed E-state index contributed by atoms with van der Waals surface area (Å²) in [5.41, 5.74) is 6.53. The van der Waals surface area contributed by atoms with Crippen molar-refractivity contribution in [2.75, 3.05) is 85.3 Å². The third-order valence-electron chi connectivity index (χ3n) is 11.4. The molecule has 0 saturated heterocycles. The van der Waals surface area contributed by atoms with Crippen LogP contribution in [0.2, 0.25) is 5.54 Å². The quantitative estimate of drug-likeness (QED) is 0.121. The number of hydrogen-bond acceptors (Lipinski definition) is 12. The van der Waals surface area contributed by atoms with Crippen LogP contribution in [0.3, 0.4) is 0 Å². The minimum absolute atomic E-state index is 0.325. The Morgan fingerprint density at radius 2 is 0.455 bits per heavy atom. The van der Waals surface area contributed by atoms with Gasteiger partial charge in [0, 0.05) is 21.1 Å². The van der Waals surface area contributed by atoms with E-state index in [0.29, 0.717) is 69.0 Å². The molecule has 0 radical (unpaired) electrons. The molecular formula is C42H58O12Si. The van der Waals surface area contributed by atoms with Gasteiger partial charge in [-0.15, -0.1) is 0 Å². The van der Waals surface area contributed by atoms with Gasteiger partial charge in [-0.3, -0.25) is 0 Å². The van der Waals surface area contributed by atoms with Crippen molar-refractivity contribution in [3.8, 4) is 69.0 Å². The Bertz CT molecular complexity index is 1820. The van der Waals surface area contributed by atoms with Crippen LogP contribution in [0.1, 0.15) is 44.4 Å². The van der Waals surface area contributed by atoms with E-state index in [9.17, 15) is 0 Å². The molecule has 0 aromatic heterocycles. The first kappa shape index (κ1) is 42.7. The SMILES string of the molecule is COc1c(C)c([Si](c2c(C)c(OC)c(OC)c(OC)c2OC)(c2c(C)c(OC)c(OC)c(OC)c2OC)C2C(C)=C(C)C(C)=C2C)c(OC)c(OC)c1OC. The topological polar surface area (TPSA) is 111 Å². The standard InChI is InChI=1S/C42H58O12Si/c1-20-21(2)23(4)39(22(20)3)55(40-24(5)27(43-8)30(46-11)33(49-14)36(40)52-17,41-25(6)28(44-9)31(47-12)34(50-15)37(41)53-18)42-26(7)29(45-10)32(48-13)35(51-16)38(42)54-19/h39H,1-19H3. The van der Waals surface area contributed by atoms with Crippen LogP contribution in [0.25, 0.3) is 0 Å². The van der Waals surface area contributed by atoms with E-state index >= 15 is 0 Å². The van der Waals surface area contributed by atoms with Crippen LogP contribution in [0, 0.1) is 20.8 Å². The maximum atomic E-state index is 6.55. The lowest BCUT2D eigenvalue weighted by atomic mass is 10.1. The smallest absolute Gasteiger partial charge is 0.207 e. The molecule has 0 spiro atoms. The van der Waals surface area contributed by atoms with Crippen LogP contribution in [0.5, 0.6) is 69.0 Å². The molecule has 0 N–H and O–H groups in total. The minimum Gasteiger partial charge on any atom is -0.493 e. The summed E-state index contributed by atoms with van der Waals surface area (Å²) in [6.45, 7) is 14.7. The zero-order valence-corrected chi connectivity index (χ0v) is 37.0. The van der Waals surface area contributed by atoms with Crippen LogP contribution in [0.4, 0.5) is 0 Å². The van der Waals surface area contributed by atoms with Gasteiger partial charge in [-0.25, -0.2) is 0 Å². The fourth-order valence-corrected chi connectivity index (χ4v) is 16.2. The van der Waals surface area contributed by atoms with Crippen LogP contribution in [-0.2, 0) is 0 Å². The fourth-order valence-electron chi connectivity index (χ4n) is 8.99. The molecule has 13 heteroatoms. The number of methoxy groups -OCH3 is 12. The highest BCUT2D eigenvalue weighted by atomic mass is 28.3. The van der Waals surface area contributed by atoms with Crippen LogP contribution in [0.15, 0.2) is 22.3 Å². The molecule has 0 bridgehead atoms. The van der Waals surface area contributed by atoms with Crippen molar-refractivity contribution >= 4 is 23.6 Å². The van der Waals surface area contributed by atoms with Crippen molar-refractivity contribution in [3.63, 3.8) is 0 Å².